The number of carbonyl (C=O) groups excluding carboxylic acids is 2. The van der Waals surface area contributed by atoms with Gasteiger partial charge in [-0.05, 0) is 38.8 Å². The van der Waals surface area contributed by atoms with E-state index in [0.717, 1.165) is 42.9 Å². The van der Waals surface area contributed by atoms with Gasteiger partial charge in [0.1, 0.15) is 11.5 Å². The quantitative estimate of drug-likeness (QED) is 0.778. The second-order valence-corrected chi connectivity index (χ2v) is 6.57. The number of hydrogen-bond acceptors (Lipinski definition) is 5. The molecular formula is C19H29N3O4. The van der Waals surface area contributed by atoms with Gasteiger partial charge in [-0.1, -0.05) is 13.0 Å². The van der Waals surface area contributed by atoms with Gasteiger partial charge in [0, 0.05) is 23.7 Å². The lowest BCUT2D eigenvalue weighted by molar-refractivity contribution is -0.121. The van der Waals surface area contributed by atoms with E-state index in [9.17, 15) is 9.59 Å². The molecule has 0 spiro atoms. The highest BCUT2D eigenvalue weighted by Crippen LogP contribution is 2.38. The number of likely N-dealkylation sites (tertiary alicyclic amines) is 1. The van der Waals surface area contributed by atoms with E-state index in [1.54, 1.807) is 14.2 Å². The second-order valence-electron chi connectivity index (χ2n) is 6.57. The molecule has 0 bridgehead atoms. The fraction of sp³-hybridized carbons (Fsp3) is 0.579. The number of rotatable bonds is 7. The number of nitrogens with one attached hydrogen (secondary N) is 2. The van der Waals surface area contributed by atoms with Crippen LogP contribution in [-0.4, -0.2) is 50.2 Å². The molecule has 2 N–H and O–H groups in total. The highest BCUT2D eigenvalue weighted by atomic mass is 16.5. The minimum Gasteiger partial charge on any atom is -0.497 e. The number of imide groups is 1. The van der Waals surface area contributed by atoms with Crippen molar-refractivity contribution in [3.63, 3.8) is 0 Å². The Kier molecular flexibility index (Phi) is 7.26. The average molecular weight is 363 g/mol. The van der Waals surface area contributed by atoms with Crippen LogP contribution in [0.15, 0.2) is 18.2 Å². The Morgan fingerprint density at radius 3 is 2.73 bits per heavy atom. The predicted molar refractivity (Wildman–Crippen MR) is 99.5 cm³/mol. The molecule has 1 saturated heterocycles. The van der Waals surface area contributed by atoms with Crippen LogP contribution in [0, 0.1) is 0 Å². The van der Waals surface area contributed by atoms with Gasteiger partial charge in [0.05, 0.1) is 20.8 Å². The van der Waals surface area contributed by atoms with Crippen molar-refractivity contribution >= 4 is 11.9 Å². The zero-order valence-corrected chi connectivity index (χ0v) is 16.0. The molecule has 1 aliphatic heterocycles. The molecule has 144 valence electrons. The molecule has 1 heterocycles. The van der Waals surface area contributed by atoms with Gasteiger partial charge in [-0.2, -0.15) is 0 Å². The molecule has 2 atom stereocenters. The van der Waals surface area contributed by atoms with Crippen LogP contribution in [0.2, 0.25) is 0 Å². The van der Waals surface area contributed by atoms with Crippen molar-refractivity contribution in [1.29, 1.82) is 0 Å². The van der Waals surface area contributed by atoms with Gasteiger partial charge >= 0.3 is 6.03 Å². The first-order valence-electron chi connectivity index (χ1n) is 9.04. The van der Waals surface area contributed by atoms with E-state index in [4.69, 9.17) is 9.47 Å². The molecule has 1 aliphatic rings. The standard InChI is InChI=1S/C19H29N3O4/c1-5-13(2)20-19(24)21-18(23)12-22-10-6-7-16(22)15-9-8-14(25-3)11-17(15)26-4/h8-9,11,13,16H,5-7,10,12H2,1-4H3,(H2,20,21,23,24)/t13-,16-/m1/s1. The van der Waals surface area contributed by atoms with E-state index in [2.05, 4.69) is 15.5 Å². The summed E-state index contributed by atoms with van der Waals surface area (Å²) in [6.07, 6.45) is 2.74. The van der Waals surface area contributed by atoms with Crippen molar-refractivity contribution in [2.45, 2.75) is 45.2 Å². The van der Waals surface area contributed by atoms with E-state index in [0.29, 0.717) is 0 Å². The Balaban J connectivity index is 2.02. The van der Waals surface area contributed by atoms with Gasteiger partial charge in [-0.25, -0.2) is 4.79 Å². The van der Waals surface area contributed by atoms with Crippen LogP contribution in [0.25, 0.3) is 0 Å². The summed E-state index contributed by atoms with van der Waals surface area (Å²) in [7, 11) is 3.24. The molecule has 0 aliphatic carbocycles. The van der Waals surface area contributed by atoms with Gasteiger partial charge < -0.3 is 14.8 Å². The summed E-state index contributed by atoms with van der Waals surface area (Å²) in [5.74, 6) is 1.18. The molecule has 7 nitrogen and oxygen atoms in total. The van der Waals surface area contributed by atoms with Gasteiger partial charge in [-0.3, -0.25) is 15.0 Å². The van der Waals surface area contributed by atoms with E-state index in [-0.39, 0.29) is 24.5 Å². The van der Waals surface area contributed by atoms with E-state index in [1.165, 1.54) is 0 Å². The monoisotopic (exact) mass is 363 g/mol. The SMILES string of the molecule is CC[C@@H](C)NC(=O)NC(=O)CN1CCC[C@@H]1c1ccc(OC)cc1OC. The molecule has 3 amide bonds. The summed E-state index contributed by atoms with van der Waals surface area (Å²) >= 11 is 0. The van der Waals surface area contributed by atoms with Gasteiger partial charge in [0.2, 0.25) is 5.91 Å². The van der Waals surface area contributed by atoms with Crippen molar-refractivity contribution in [3.8, 4) is 11.5 Å². The number of methoxy groups -OCH3 is 2. The molecule has 26 heavy (non-hydrogen) atoms. The molecule has 1 fully saturated rings. The lowest BCUT2D eigenvalue weighted by Crippen LogP contribution is -2.46. The summed E-state index contributed by atoms with van der Waals surface area (Å²) in [6.45, 7) is 4.86. The molecule has 7 heteroatoms. The lowest BCUT2D eigenvalue weighted by atomic mass is 10.0. The smallest absolute Gasteiger partial charge is 0.321 e. The highest BCUT2D eigenvalue weighted by Gasteiger charge is 2.30. The zero-order valence-electron chi connectivity index (χ0n) is 16.0. The van der Waals surface area contributed by atoms with Crippen molar-refractivity contribution < 1.29 is 19.1 Å². The third-order valence-corrected chi connectivity index (χ3v) is 4.75. The number of benzene rings is 1. The van der Waals surface area contributed by atoms with Crippen molar-refractivity contribution in [3.05, 3.63) is 23.8 Å². The molecule has 1 aromatic rings. The number of nitrogens with zero attached hydrogens (tertiary/aromatic N) is 1. The average Bonchev–Trinajstić information content (AvgIpc) is 3.08. The van der Waals surface area contributed by atoms with Crippen LogP contribution < -0.4 is 20.1 Å². The maximum atomic E-state index is 12.2. The summed E-state index contributed by atoms with van der Waals surface area (Å²) < 4.78 is 10.8. The summed E-state index contributed by atoms with van der Waals surface area (Å²) in [4.78, 5) is 26.1. The van der Waals surface area contributed by atoms with Gasteiger partial charge in [0.25, 0.3) is 0 Å². The number of urea groups is 1. The first kappa shape index (κ1) is 20.0. The fourth-order valence-electron chi connectivity index (χ4n) is 3.17. The molecule has 0 radical (unpaired) electrons. The Morgan fingerprint density at radius 2 is 2.08 bits per heavy atom. The van der Waals surface area contributed by atoms with Gasteiger partial charge in [-0.15, -0.1) is 0 Å². The Labute approximate surface area is 155 Å². The van der Waals surface area contributed by atoms with Crippen LogP contribution in [-0.2, 0) is 4.79 Å². The molecule has 2 rings (SSSR count). The minimum atomic E-state index is -0.442. The molecule has 1 aromatic carbocycles. The Hall–Kier alpha value is -2.28. The van der Waals surface area contributed by atoms with Crippen molar-refractivity contribution in [2.24, 2.45) is 0 Å². The van der Waals surface area contributed by atoms with Crippen LogP contribution in [0.4, 0.5) is 4.79 Å². The molecule has 0 aromatic heterocycles. The zero-order chi connectivity index (χ0) is 19.1. The van der Waals surface area contributed by atoms with E-state index in [1.807, 2.05) is 32.0 Å². The van der Waals surface area contributed by atoms with E-state index < -0.39 is 6.03 Å². The van der Waals surface area contributed by atoms with Crippen LogP contribution in [0.5, 0.6) is 11.5 Å². The maximum Gasteiger partial charge on any atom is 0.321 e. The normalized spacial score (nSPS) is 18.2. The predicted octanol–water partition coefficient (Wildman–Crippen LogP) is 2.46. The third kappa shape index (κ3) is 5.11. The highest BCUT2D eigenvalue weighted by molar-refractivity contribution is 5.95. The number of ether oxygens (including phenoxy) is 2. The Morgan fingerprint density at radius 1 is 1.31 bits per heavy atom. The van der Waals surface area contributed by atoms with Gasteiger partial charge in [0.15, 0.2) is 0 Å². The van der Waals surface area contributed by atoms with E-state index >= 15 is 0 Å². The second kappa shape index (κ2) is 9.43. The van der Waals surface area contributed by atoms with Crippen LogP contribution >= 0.6 is 0 Å². The van der Waals surface area contributed by atoms with Crippen molar-refractivity contribution in [2.75, 3.05) is 27.3 Å². The number of hydrogen-bond donors (Lipinski definition) is 2. The summed E-state index contributed by atoms with van der Waals surface area (Å²) in [5, 5.41) is 5.14. The number of amides is 3. The maximum absolute atomic E-state index is 12.2. The Bertz CT molecular complexity index is 635. The van der Waals surface area contributed by atoms with Crippen LogP contribution in [0.3, 0.4) is 0 Å². The molecule has 0 unspecified atom stereocenters. The van der Waals surface area contributed by atoms with Crippen molar-refractivity contribution in [1.82, 2.24) is 15.5 Å². The molecule has 0 saturated carbocycles. The topological polar surface area (TPSA) is 79.9 Å². The first-order chi connectivity index (χ1) is 12.5. The molecular weight excluding hydrogens is 334 g/mol. The third-order valence-electron chi connectivity index (χ3n) is 4.75. The minimum absolute atomic E-state index is 0.0332. The first-order valence-corrected chi connectivity index (χ1v) is 9.04. The summed E-state index contributed by atoms with van der Waals surface area (Å²) in [6, 6.07) is 5.40. The fourth-order valence-corrected chi connectivity index (χ4v) is 3.17. The summed E-state index contributed by atoms with van der Waals surface area (Å²) in [5.41, 5.74) is 1.03. The lowest BCUT2D eigenvalue weighted by Gasteiger charge is -2.25. The largest absolute Gasteiger partial charge is 0.497 e. The number of carbonyl (C=O) groups is 2. The van der Waals surface area contributed by atoms with Crippen LogP contribution in [0.1, 0.15) is 44.7 Å².